The van der Waals surface area contributed by atoms with Gasteiger partial charge in [-0.1, -0.05) is 30.3 Å². The van der Waals surface area contributed by atoms with Crippen LogP contribution in [-0.2, 0) is 4.79 Å². The Kier molecular flexibility index (Phi) is 1.64. The Morgan fingerprint density at radius 3 is 2.61 bits per heavy atom. The van der Waals surface area contributed by atoms with Crippen molar-refractivity contribution in [3.63, 3.8) is 0 Å². The van der Waals surface area contributed by atoms with Gasteiger partial charge < -0.3 is 4.79 Å². The fraction of sp³-hybridized carbons (Fsp3) is 0.0667. The van der Waals surface area contributed by atoms with Crippen molar-refractivity contribution in [3.05, 3.63) is 59.2 Å². The average molecular weight is 235 g/mol. The fourth-order valence-corrected chi connectivity index (χ4v) is 2.90. The molecule has 0 aromatic heterocycles. The predicted molar refractivity (Wildman–Crippen MR) is 67.3 cm³/mol. The molecule has 0 N–H and O–H groups in total. The van der Waals surface area contributed by atoms with Crippen LogP contribution in [0, 0.1) is 0 Å². The van der Waals surface area contributed by atoms with Crippen LogP contribution < -0.4 is 4.90 Å². The molecule has 0 aliphatic carbocycles. The molecule has 1 atom stereocenters. The van der Waals surface area contributed by atoms with Gasteiger partial charge in [-0.2, -0.15) is 0 Å². The summed E-state index contributed by atoms with van der Waals surface area (Å²) in [5.41, 5.74) is 4.30. The second-order valence-corrected chi connectivity index (χ2v) is 4.56. The van der Waals surface area contributed by atoms with Crippen molar-refractivity contribution in [2.24, 2.45) is 0 Å². The number of hydrogen-bond donors (Lipinski definition) is 0. The smallest absolute Gasteiger partial charge is 0.265 e. The number of rotatable bonds is 1. The van der Waals surface area contributed by atoms with E-state index in [-0.39, 0.29) is 11.8 Å². The summed E-state index contributed by atoms with van der Waals surface area (Å²) in [6.45, 7) is 0. The molecule has 2 aliphatic rings. The lowest BCUT2D eigenvalue weighted by Gasteiger charge is -2.41. The largest absolute Gasteiger partial charge is 0.302 e. The summed E-state index contributed by atoms with van der Waals surface area (Å²) in [7, 11) is 0. The highest BCUT2D eigenvalue weighted by molar-refractivity contribution is 6.26. The Balaban J connectivity index is 2.09. The Morgan fingerprint density at radius 1 is 1.00 bits per heavy atom. The third kappa shape index (κ3) is 0.911. The van der Waals surface area contributed by atoms with Gasteiger partial charge in [0.1, 0.15) is 6.29 Å². The Labute approximate surface area is 104 Å². The molecule has 0 spiro atoms. The van der Waals surface area contributed by atoms with Gasteiger partial charge in [0.15, 0.2) is 0 Å². The molecule has 86 valence electrons. The summed E-state index contributed by atoms with van der Waals surface area (Å²) >= 11 is 0. The minimum atomic E-state index is -0.263. The maximum Gasteiger partial charge on any atom is 0.265 e. The van der Waals surface area contributed by atoms with E-state index in [4.69, 9.17) is 0 Å². The number of nitrogens with zero attached hydrogens (tertiary/aromatic N) is 1. The van der Waals surface area contributed by atoms with Gasteiger partial charge in [-0.3, -0.25) is 9.69 Å². The van der Waals surface area contributed by atoms with E-state index in [1.165, 1.54) is 0 Å². The van der Waals surface area contributed by atoms with Crippen molar-refractivity contribution >= 4 is 23.6 Å². The van der Waals surface area contributed by atoms with E-state index < -0.39 is 0 Å². The van der Waals surface area contributed by atoms with Gasteiger partial charge >= 0.3 is 0 Å². The first-order valence-electron chi connectivity index (χ1n) is 5.84. The summed E-state index contributed by atoms with van der Waals surface area (Å²) in [6, 6.07) is 13.2. The van der Waals surface area contributed by atoms with Gasteiger partial charge in [-0.05, 0) is 23.3 Å². The van der Waals surface area contributed by atoms with E-state index in [9.17, 15) is 9.59 Å². The molecular formula is C15H9NO2. The molecule has 18 heavy (non-hydrogen) atoms. The zero-order chi connectivity index (χ0) is 12.3. The molecule has 1 unspecified atom stereocenters. The number of fused-ring (bicyclic) bond motifs is 2. The fourth-order valence-electron chi connectivity index (χ4n) is 2.90. The van der Waals surface area contributed by atoms with Crippen LogP contribution in [0.25, 0.3) is 0 Å². The molecule has 2 aliphatic heterocycles. The number of carbonyl (C=O) groups excluding carboxylic acids is 2. The summed E-state index contributed by atoms with van der Waals surface area (Å²) in [5.74, 6) is -0.246. The average Bonchev–Trinajstić information content (AvgIpc) is 2.42. The highest BCUT2D eigenvalue weighted by Crippen LogP contribution is 2.51. The molecule has 0 saturated carbocycles. The van der Waals surface area contributed by atoms with Gasteiger partial charge in [-0.15, -0.1) is 0 Å². The molecule has 0 bridgehead atoms. The van der Waals surface area contributed by atoms with Gasteiger partial charge in [0, 0.05) is 0 Å². The molecule has 2 heterocycles. The maximum absolute atomic E-state index is 12.1. The Morgan fingerprint density at radius 2 is 1.78 bits per heavy atom. The van der Waals surface area contributed by atoms with Crippen LogP contribution in [0.15, 0.2) is 42.5 Å². The van der Waals surface area contributed by atoms with Crippen LogP contribution in [0.5, 0.6) is 0 Å². The zero-order valence-corrected chi connectivity index (χ0v) is 9.46. The standard InChI is InChI=1S/C15H9NO2/c17-8-12-9-4-1-2-7-13(9)16-14-10(12)5-3-6-11(14)15(16)18/h1-8,12H. The highest BCUT2D eigenvalue weighted by Gasteiger charge is 2.43. The van der Waals surface area contributed by atoms with E-state index in [0.717, 1.165) is 28.8 Å². The first-order chi connectivity index (χ1) is 8.83. The molecule has 1 amide bonds. The van der Waals surface area contributed by atoms with Crippen molar-refractivity contribution in [3.8, 4) is 0 Å². The second kappa shape index (κ2) is 3.07. The highest BCUT2D eigenvalue weighted by atomic mass is 16.2. The molecule has 3 nitrogen and oxygen atoms in total. The van der Waals surface area contributed by atoms with E-state index in [1.54, 1.807) is 4.90 Å². The maximum atomic E-state index is 12.1. The van der Waals surface area contributed by atoms with Crippen LogP contribution in [0.3, 0.4) is 0 Å². The molecule has 0 radical (unpaired) electrons. The van der Waals surface area contributed by atoms with Crippen LogP contribution in [0.4, 0.5) is 11.4 Å². The number of hydrogen-bond acceptors (Lipinski definition) is 2. The van der Waals surface area contributed by atoms with Crippen LogP contribution in [0.2, 0.25) is 0 Å². The molecule has 0 fully saturated rings. The molecule has 2 aromatic carbocycles. The predicted octanol–water partition coefficient (Wildman–Crippen LogP) is 2.62. The van der Waals surface area contributed by atoms with Gasteiger partial charge in [0.05, 0.1) is 22.9 Å². The first-order valence-corrected chi connectivity index (χ1v) is 5.84. The minimum absolute atomic E-state index is 0.0173. The van der Waals surface area contributed by atoms with E-state index in [0.29, 0.717) is 5.56 Å². The number of aldehydes is 1. The van der Waals surface area contributed by atoms with Crippen molar-refractivity contribution in [1.29, 1.82) is 0 Å². The van der Waals surface area contributed by atoms with E-state index >= 15 is 0 Å². The monoisotopic (exact) mass is 235 g/mol. The van der Waals surface area contributed by atoms with Crippen molar-refractivity contribution in [2.75, 3.05) is 4.90 Å². The van der Waals surface area contributed by atoms with Gasteiger partial charge in [-0.25, -0.2) is 0 Å². The van der Waals surface area contributed by atoms with E-state index in [2.05, 4.69) is 0 Å². The summed E-state index contributed by atoms with van der Waals surface area (Å²) in [4.78, 5) is 25.2. The second-order valence-electron chi connectivity index (χ2n) is 4.56. The lowest BCUT2D eigenvalue weighted by molar-refractivity contribution is -0.108. The van der Waals surface area contributed by atoms with Crippen molar-refractivity contribution in [2.45, 2.75) is 5.92 Å². The third-order valence-electron chi connectivity index (χ3n) is 3.71. The Bertz CT molecular complexity index is 690. The molecule has 2 aromatic rings. The van der Waals surface area contributed by atoms with Crippen molar-refractivity contribution < 1.29 is 9.59 Å². The summed E-state index contributed by atoms with van der Waals surface area (Å²) in [5, 5.41) is 0. The number of anilines is 2. The quantitative estimate of drug-likeness (QED) is 0.712. The van der Waals surface area contributed by atoms with Crippen LogP contribution in [0.1, 0.15) is 27.4 Å². The molecule has 3 heteroatoms. The Hall–Kier alpha value is -2.42. The molecular weight excluding hydrogens is 226 g/mol. The normalized spacial score (nSPS) is 18.8. The SMILES string of the molecule is O=CC1c2ccccc2N2C(=O)c3cccc1c32. The lowest BCUT2D eigenvalue weighted by Crippen LogP contribution is -2.41. The van der Waals surface area contributed by atoms with Crippen molar-refractivity contribution in [1.82, 2.24) is 0 Å². The van der Waals surface area contributed by atoms with Gasteiger partial charge in [0.25, 0.3) is 5.91 Å². The topological polar surface area (TPSA) is 37.4 Å². The van der Waals surface area contributed by atoms with Gasteiger partial charge in [0.2, 0.25) is 0 Å². The summed E-state index contributed by atoms with van der Waals surface area (Å²) < 4.78 is 0. The number of benzene rings is 2. The van der Waals surface area contributed by atoms with Crippen LogP contribution in [-0.4, -0.2) is 12.2 Å². The number of carbonyl (C=O) groups is 2. The summed E-state index contributed by atoms with van der Waals surface area (Å²) in [6.07, 6.45) is 0.953. The molecule has 0 saturated heterocycles. The first kappa shape index (κ1) is 9.59. The molecule has 4 rings (SSSR count). The van der Waals surface area contributed by atoms with E-state index in [1.807, 2.05) is 42.5 Å². The number of amides is 1. The number of para-hydroxylation sites is 2. The minimum Gasteiger partial charge on any atom is -0.302 e. The van der Waals surface area contributed by atoms with Crippen LogP contribution >= 0.6 is 0 Å². The zero-order valence-electron chi connectivity index (χ0n) is 9.46. The third-order valence-corrected chi connectivity index (χ3v) is 3.71. The lowest BCUT2D eigenvalue weighted by atomic mass is 9.80.